The van der Waals surface area contributed by atoms with Gasteiger partial charge in [0.1, 0.15) is 4.99 Å². The normalized spacial score (nSPS) is 18.9. The number of nitrogens with two attached hydrogens (primary N) is 1. The molecular formula is C13H16F2N2OS. The molecule has 1 unspecified atom stereocenters. The van der Waals surface area contributed by atoms with Crippen LogP contribution in [0.3, 0.4) is 0 Å². The maximum absolute atomic E-state index is 14.0. The Hall–Kier alpha value is -1.27. The van der Waals surface area contributed by atoms with E-state index < -0.39 is 11.6 Å². The van der Waals surface area contributed by atoms with Crippen LogP contribution in [-0.4, -0.2) is 29.8 Å². The van der Waals surface area contributed by atoms with Crippen LogP contribution in [0.2, 0.25) is 0 Å². The summed E-state index contributed by atoms with van der Waals surface area (Å²) in [5.74, 6) is -1.58. The van der Waals surface area contributed by atoms with Gasteiger partial charge >= 0.3 is 0 Å². The Morgan fingerprint density at radius 1 is 1.42 bits per heavy atom. The minimum absolute atomic E-state index is 0.0673. The van der Waals surface area contributed by atoms with Gasteiger partial charge in [0.15, 0.2) is 11.6 Å². The fraction of sp³-hybridized carbons (Fsp3) is 0.462. The third kappa shape index (κ3) is 2.84. The molecule has 19 heavy (non-hydrogen) atoms. The van der Waals surface area contributed by atoms with Crippen molar-refractivity contribution >= 4 is 22.9 Å². The number of nitrogens with zero attached hydrogens (tertiary/aromatic N) is 1. The van der Waals surface area contributed by atoms with Crippen molar-refractivity contribution in [3.8, 4) is 0 Å². The molecule has 2 rings (SSSR count). The van der Waals surface area contributed by atoms with E-state index in [2.05, 4.69) is 12.2 Å². The van der Waals surface area contributed by atoms with Crippen molar-refractivity contribution in [2.45, 2.75) is 12.8 Å². The number of hydrogen-bond donors (Lipinski definition) is 2. The Bertz CT molecular complexity index is 496. The summed E-state index contributed by atoms with van der Waals surface area (Å²) in [6.45, 7) is 1.41. The van der Waals surface area contributed by atoms with Crippen LogP contribution in [0.1, 0.15) is 18.4 Å². The lowest BCUT2D eigenvalue weighted by Crippen LogP contribution is -2.22. The molecule has 0 radical (unpaired) electrons. The smallest absolute Gasteiger partial charge is 0.182 e. The van der Waals surface area contributed by atoms with Crippen molar-refractivity contribution in [3.05, 3.63) is 29.3 Å². The summed E-state index contributed by atoms with van der Waals surface area (Å²) in [6, 6.07) is 2.92. The van der Waals surface area contributed by atoms with Gasteiger partial charge in [-0.1, -0.05) is 12.2 Å². The van der Waals surface area contributed by atoms with E-state index in [4.69, 9.17) is 10.8 Å². The summed E-state index contributed by atoms with van der Waals surface area (Å²) in [4.78, 5) is 1.64. The number of rotatable bonds is 4. The topological polar surface area (TPSA) is 49.5 Å². The van der Waals surface area contributed by atoms with Gasteiger partial charge in [0.2, 0.25) is 0 Å². The van der Waals surface area contributed by atoms with Gasteiger partial charge in [-0.15, -0.1) is 0 Å². The first-order chi connectivity index (χ1) is 9.04. The van der Waals surface area contributed by atoms with Gasteiger partial charge in [-0.3, -0.25) is 0 Å². The van der Waals surface area contributed by atoms with E-state index in [9.17, 15) is 8.78 Å². The molecule has 3 N–H and O–H groups in total. The largest absolute Gasteiger partial charge is 0.396 e. The highest BCUT2D eigenvalue weighted by Gasteiger charge is 2.26. The number of benzene rings is 1. The molecule has 1 saturated heterocycles. The molecule has 1 fully saturated rings. The lowest BCUT2D eigenvalue weighted by molar-refractivity contribution is 0.263. The van der Waals surface area contributed by atoms with E-state index in [1.807, 2.05) is 0 Å². The molecule has 1 aromatic carbocycles. The molecule has 0 aliphatic carbocycles. The number of halogens is 2. The molecule has 1 aliphatic rings. The highest BCUT2D eigenvalue weighted by atomic mass is 32.1. The second-order valence-corrected chi connectivity index (χ2v) is 5.18. The molecule has 1 atom stereocenters. The third-order valence-electron chi connectivity index (χ3n) is 3.49. The first-order valence-corrected chi connectivity index (χ1v) is 6.59. The quantitative estimate of drug-likeness (QED) is 0.829. The second-order valence-electron chi connectivity index (χ2n) is 4.74. The van der Waals surface area contributed by atoms with Crippen molar-refractivity contribution in [1.29, 1.82) is 0 Å². The van der Waals surface area contributed by atoms with Gasteiger partial charge in [0.25, 0.3) is 0 Å². The predicted octanol–water partition coefficient (Wildman–Crippen LogP) is 1.81. The van der Waals surface area contributed by atoms with Crippen LogP contribution >= 0.6 is 12.2 Å². The maximum Gasteiger partial charge on any atom is 0.182 e. The van der Waals surface area contributed by atoms with E-state index in [1.54, 1.807) is 4.90 Å². The predicted molar refractivity (Wildman–Crippen MR) is 74.3 cm³/mol. The first-order valence-electron chi connectivity index (χ1n) is 6.18. The summed E-state index contributed by atoms with van der Waals surface area (Å²) in [5, 5.41) is 8.90. The van der Waals surface area contributed by atoms with E-state index in [0.29, 0.717) is 25.4 Å². The molecule has 0 bridgehead atoms. The molecular weight excluding hydrogens is 270 g/mol. The van der Waals surface area contributed by atoms with Gasteiger partial charge in [-0.2, -0.15) is 0 Å². The van der Waals surface area contributed by atoms with Gasteiger partial charge < -0.3 is 15.7 Å². The zero-order valence-electron chi connectivity index (χ0n) is 10.4. The first kappa shape index (κ1) is 14.1. The number of anilines is 1. The summed E-state index contributed by atoms with van der Waals surface area (Å²) >= 11 is 4.67. The van der Waals surface area contributed by atoms with Crippen molar-refractivity contribution in [2.24, 2.45) is 11.7 Å². The van der Waals surface area contributed by atoms with E-state index in [-0.39, 0.29) is 22.8 Å². The second kappa shape index (κ2) is 5.79. The maximum atomic E-state index is 14.0. The van der Waals surface area contributed by atoms with Crippen LogP contribution in [0, 0.1) is 17.6 Å². The molecule has 1 heterocycles. The Labute approximate surface area is 116 Å². The third-order valence-corrected chi connectivity index (χ3v) is 3.71. The summed E-state index contributed by atoms with van der Waals surface area (Å²) in [6.07, 6.45) is 1.56. The summed E-state index contributed by atoms with van der Waals surface area (Å²) < 4.78 is 27.8. The van der Waals surface area contributed by atoms with Crippen LogP contribution in [-0.2, 0) is 0 Å². The van der Waals surface area contributed by atoms with Crippen molar-refractivity contribution in [2.75, 3.05) is 24.6 Å². The van der Waals surface area contributed by atoms with Gasteiger partial charge in [0, 0.05) is 25.3 Å². The molecule has 0 aromatic heterocycles. The van der Waals surface area contributed by atoms with Gasteiger partial charge in [0.05, 0.1) is 5.69 Å². The highest BCUT2D eigenvalue weighted by molar-refractivity contribution is 7.80. The summed E-state index contributed by atoms with van der Waals surface area (Å²) in [5.41, 5.74) is 5.50. The van der Waals surface area contributed by atoms with E-state index in [0.717, 1.165) is 6.42 Å². The van der Waals surface area contributed by atoms with Crippen molar-refractivity contribution < 1.29 is 13.9 Å². The van der Waals surface area contributed by atoms with Crippen LogP contribution < -0.4 is 10.6 Å². The summed E-state index contributed by atoms with van der Waals surface area (Å²) in [7, 11) is 0. The Balaban J connectivity index is 2.23. The molecule has 0 saturated carbocycles. The number of aliphatic hydroxyl groups excluding tert-OH is 1. The van der Waals surface area contributed by atoms with Crippen LogP contribution in [0.15, 0.2) is 12.1 Å². The minimum atomic E-state index is -0.990. The van der Waals surface area contributed by atoms with Gasteiger partial charge in [-0.25, -0.2) is 8.78 Å². The number of hydrogen-bond acceptors (Lipinski definition) is 3. The zero-order valence-corrected chi connectivity index (χ0v) is 11.2. The van der Waals surface area contributed by atoms with Gasteiger partial charge in [-0.05, 0) is 30.9 Å². The average Bonchev–Trinajstić information content (AvgIpc) is 2.81. The average molecular weight is 286 g/mol. The Kier molecular flexibility index (Phi) is 4.31. The molecule has 6 heteroatoms. The molecule has 104 valence electrons. The molecule has 1 aliphatic heterocycles. The van der Waals surface area contributed by atoms with Crippen molar-refractivity contribution in [1.82, 2.24) is 0 Å². The Morgan fingerprint density at radius 3 is 2.79 bits per heavy atom. The number of thiocarbonyl (C=S) groups is 1. The van der Waals surface area contributed by atoms with E-state index >= 15 is 0 Å². The monoisotopic (exact) mass is 286 g/mol. The fourth-order valence-electron chi connectivity index (χ4n) is 2.44. The molecule has 0 spiro atoms. The minimum Gasteiger partial charge on any atom is -0.396 e. The molecule has 1 aromatic rings. The lowest BCUT2D eigenvalue weighted by atomic mass is 10.1. The lowest BCUT2D eigenvalue weighted by Gasteiger charge is -2.20. The zero-order chi connectivity index (χ0) is 14.0. The van der Waals surface area contributed by atoms with E-state index in [1.165, 1.54) is 12.1 Å². The Morgan fingerprint density at radius 2 is 2.16 bits per heavy atom. The molecule has 3 nitrogen and oxygen atoms in total. The van der Waals surface area contributed by atoms with Crippen LogP contribution in [0.25, 0.3) is 0 Å². The number of aliphatic hydroxyl groups is 1. The van der Waals surface area contributed by atoms with Crippen LogP contribution in [0.4, 0.5) is 14.5 Å². The SMILES string of the molecule is NC(=S)c1ccc(N2CCC(CCO)C2)c(F)c1F. The molecule has 0 amide bonds. The van der Waals surface area contributed by atoms with Crippen LogP contribution in [0.5, 0.6) is 0 Å². The standard InChI is InChI=1S/C13H16F2N2OS/c14-11-9(13(16)19)1-2-10(12(11)15)17-5-3-8(7-17)4-6-18/h1-2,8,18H,3-7H2,(H2,16,19). The van der Waals surface area contributed by atoms with Crippen molar-refractivity contribution in [3.63, 3.8) is 0 Å². The highest BCUT2D eigenvalue weighted by Crippen LogP contribution is 2.30. The fourth-order valence-corrected chi connectivity index (χ4v) is 2.60.